The lowest BCUT2D eigenvalue weighted by atomic mass is 9.91. The summed E-state index contributed by atoms with van der Waals surface area (Å²) in [5.41, 5.74) is -0.410. The molecule has 6 N–H and O–H groups in total. The van der Waals surface area contributed by atoms with E-state index in [-0.39, 0.29) is 0 Å². The van der Waals surface area contributed by atoms with Crippen molar-refractivity contribution in [2.24, 2.45) is 0 Å². The monoisotopic (exact) mass is 336 g/mol. The number of carboxylic acids is 3. The van der Waals surface area contributed by atoms with Gasteiger partial charge in [-0.25, -0.2) is 18.8 Å². The summed E-state index contributed by atoms with van der Waals surface area (Å²) in [4.78, 5) is 47.8. The van der Waals surface area contributed by atoms with E-state index < -0.39 is 62.9 Å². The molecular weight excluding hydrogens is 327 g/mol. The molecule has 0 atom stereocenters. The van der Waals surface area contributed by atoms with Gasteiger partial charge in [-0.2, -0.15) is 0 Å². The van der Waals surface area contributed by atoms with Crippen LogP contribution in [0.15, 0.2) is 23.0 Å². The molecule has 124 valence electrons. The van der Waals surface area contributed by atoms with Crippen LogP contribution in [0.1, 0.15) is 31.1 Å². The van der Waals surface area contributed by atoms with Gasteiger partial charge in [-0.1, -0.05) is 6.07 Å². The molecule has 9 nitrogen and oxygen atoms in total. The Kier molecular flexibility index (Phi) is 4.05. The maximum absolute atomic E-state index is 14.2. The van der Waals surface area contributed by atoms with E-state index in [0.717, 1.165) is 18.2 Å². The Labute approximate surface area is 131 Å². The maximum Gasteiger partial charge on any atom is 0.342 e. The zero-order valence-electron chi connectivity index (χ0n) is 11.7. The average molecular weight is 336 g/mol. The number of halogens is 1. The second kappa shape index (κ2) is 5.83. The maximum atomic E-state index is 14.2. The number of H-pyrrole nitrogens is 1. The molecule has 0 unspecified atom stereocenters. The van der Waals surface area contributed by atoms with Crippen molar-refractivity contribution in [3.63, 3.8) is 0 Å². The third kappa shape index (κ3) is 2.56. The minimum Gasteiger partial charge on any atom is -0.478 e. The van der Waals surface area contributed by atoms with Crippen LogP contribution >= 0.6 is 0 Å². The van der Waals surface area contributed by atoms with Crippen LogP contribution in [0, 0.1) is 5.82 Å². The fourth-order valence-electron chi connectivity index (χ4n) is 2.25. The predicted molar refractivity (Wildman–Crippen MR) is 77.7 cm³/mol. The summed E-state index contributed by atoms with van der Waals surface area (Å²) in [7, 11) is 0. The van der Waals surface area contributed by atoms with Gasteiger partial charge in [0, 0.05) is 11.1 Å². The van der Waals surface area contributed by atoms with Gasteiger partial charge in [-0.3, -0.25) is 4.79 Å². The van der Waals surface area contributed by atoms with Crippen LogP contribution in [-0.4, -0.2) is 38.2 Å². The molecule has 0 saturated heterocycles. The van der Waals surface area contributed by atoms with E-state index in [1.807, 2.05) is 4.98 Å². The van der Waals surface area contributed by atoms with Gasteiger partial charge >= 0.3 is 17.9 Å². The Hall–Kier alpha value is -3.69. The van der Waals surface area contributed by atoms with Crippen LogP contribution in [0.2, 0.25) is 0 Å². The number of nitrogens with one attached hydrogen (secondary N) is 1. The lowest BCUT2D eigenvalue weighted by Gasteiger charge is -2.14. The summed E-state index contributed by atoms with van der Waals surface area (Å²) in [6.07, 6.45) is 0. The summed E-state index contributed by atoms with van der Waals surface area (Å²) in [5, 5.41) is 27.6. The number of aromatic amines is 1. The van der Waals surface area contributed by atoms with Crippen molar-refractivity contribution in [3.05, 3.63) is 51.1 Å². The summed E-state index contributed by atoms with van der Waals surface area (Å²) in [6, 6.07) is 2.78. The number of pyridine rings is 1. The first kappa shape index (κ1) is 16.7. The minimum absolute atomic E-state index is 0.718. The van der Waals surface area contributed by atoms with Crippen LogP contribution in [0.5, 0.6) is 0 Å². The number of carboxylic acid groups (broad SMARTS) is 3. The largest absolute Gasteiger partial charge is 0.478 e. The molecule has 10 heteroatoms. The SMILES string of the molecule is Nc1[nH]c(=O)c(C(=O)O)c(-c2c(F)cccc2C(=O)O)c1C(=O)O. The Morgan fingerprint density at radius 3 is 2.04 bits per heavy atom. The summed E-state index contributed by atoms with van der Waals surface area (Å²) in [6.45, 7) is 0. The summed E-state index contributed by atoms with van der Waals surface area (Å²) < 4.78 is 14.2. The Morgan fingerprint density at radius 1 is 0.958 bits per heavy atom. The molecule has 0 amide bonds. The second-order valence-corrected chi connectivity index (χ2v) is 4.57. The van der Waals surface area contributed by atoms with Crippen LogP contribution in [-0.2, 0) is 0 Å². The highest BCUT2D eigenvalue weighted by Gasteiger charge is 2.30. The van der Waals surface area contributed by atoms with Crippen molar-refractivity contribution in [2.75, 3.05) is 5.73 Å². The molecule has 0 aliphatic rings. The van der Waals surface area contributed by atoms with Crippen molar-refractivity contribution in [1.82, 2.24) is 4.98 Å². The van der Waals surface area contributed by atoms with Crippen molar-refractivity contribution >= 4 is 23.7 Å². The van der Waals surface area contributed by atoms with Crippen molar-refractivity contribution < 1.29 is 34.1 Å². The van der Waals surface area contributed by atoms with Crippen LogP contribution in [0.25, 0.3) is 11.1 Å². The number of aromatic carboxylic acids is 3. The minimum atomic E-state index is -1.87. The number of nitrogens with two attached hydrogens (primary N) is 1. The average Bonchev–Trinajstić information content (AvgIpc) is 2.44. The fourth-order valence-corrected chi connectivity index (χ4v) is 2.25. The highest BCUT2D eigenvalue weighted by atomic mass is 19.1. The van der Waals surface area contributed by atoms with Crippen molar-refractivity contribution in [2.45, 2.75) is 0 Å². The Bertz CT molecular complexity index is 949. The summed E-state index contributed by atoms with van der Waals surface area (Å²) >= 11 is 0. The third-order valence-corrected chi connectivity index (χ3v) is 3.17. The summed E-state index contributed by atoms with van der Waals surface area (Å²) in [5.74, 6) is -7.22. The first-order valence-corrected chi connectivity index (χ1v) is 6.21. The quantitative estimate of drug-likeness (QED) is 0.547. The fraction of sp³-hybridized carbons (Fsp3) is 0. The highest BCUT2D eigenvalue weighted by molar-refractivity contribution is 6.10. The van der Waals surface area contributed by atoms with E-state index in [1.54, 1.807) is 0 Å². The van der Waals surface area contributed by atoms with Gasteiger partial charge in [0.15, 0.2) is 0 Å². The van der Waals surface area contributed by atoms with Gasteiger partial charge in [0.1, 0.15) is 22.8 Å². The van der Waals surface area contributed by atoms with Gasteiger partial charge in [-0.05, 0) is 12.1 Å². The van der Waals surface area contributed by atoms with E-state index in [2.05, 4.69) is 0 Å². The Balaban J connectivity index is 3.15. The number of anilines is 1. The standard InChI is InChI=1S/C14H9FN2O7/c15-5-3-1-2-4(12(19)20)6(5)7-8(13(21)22)10(16)17-11(18)9(7)14(23)24/h1-3H,(H,19,20)(H,21,22)(H,23,24)(H3,16,17,18). The predicted octanol–water partition coefficient (Wildman–Crippen LogP) is 0.858. The smallest absolute Gasteiger partial charge is 0.342 e. The van der Waals surface area contributed by atoms with Gasteiger partial charge < -0.3 is 26.0 Å². The highest BCUT2D eigenvalue weighted by Crippen LogP contribution is 2.33. The molecule has 2 aromatic rings. The third-order valence-electron chi connectivity index (χ3n) is 3.17. The lowest BCUT2D eigenvalue weighted by molar-refractivity contribution is 0.0679. The molecule has 1 aromatic heterocycles. The number of hydrogen-bond donors (Lipinski definition) is 5. The van der Waals surface area contributed by atoms with Gasteiger partial charge in [0.2, 0.25) is 0 Å². The zero-order chi connectivity index (χ0) is 18.2. The van der Waals surface area contributed by atoms with E-state index in [9.17, 15) is 38.9 Å². The number of nitrogen functional groups attached to an aromatic ring is 1. The number of hydrogen-bond acceptors (Lipinski definition) is 5. The lowest BCUT2D eigenvalue weighted by Crippen LogP contribution is -2.25. The van der Waals surface area contributed by atoms with Gasteiger partial charge in [-0.15, -0.1) is 0 Å². The first-order chi connectivity index (χ1) is 11.2. The van der Waals surface area contributed by atoms with Crippen LogP contribution in [0.4, 0.5) is 10.2 Å². The van der Waals surface area contributed by atoms with Gasteiger partial charge in [0.25, 0.3) is 5.56 Å². The molecule has 1 aromatic carbocycles. The van der Waals surface area contributed by atoms with Gasteiger partial charge in [0.05, 0.1) is 5.56 Å². The molecule has 0 spiro atoms. The van der Waals surface area contributed by atoms with Crippen molar-refractivity contribution in [3.8, 4) is 11.1 Å². The molecule has 24 heavy (non-hydrogen) atoms. The molecule has 0 bridgehead atoms. The molecule has 0 saturated carbocycles. The molecular formula is C14H9FN2O7. The van der Waals surface area contributed by atoms with Crippen molar-refractivity contribution in [1.29, 1.82) is 0 Å². The van der Waals surface area contributed by atoms with E-state index in [0.29, 0.717) is 0 Å². The molecule has 2 rings (SSSR count). The number of carbonyl (C=O) groups is 3. The number of rotatable bonds is 4. The molecule has 0 aliphatic heterocycles. The zero-order valence-corrected chi connectivity index (χ0v) is 11.7. The molecule has 1 heterocycles. The van der Waals surface area contributed by atoms with Crippen LogP contribution < -0.4 is 11.3 Å². The number of benzene rings is 1. The van der Waals surface area contributed by atoms with Crippen LogP contribution in [0.3, 0.4) is 0 Å². The molecule has 0 aliphatic carbocycles. The molecule has 0 fully saturated rings. The first-order valence-electron chi connectivity index (χ1n) is 6.21. The second-order valence-electron chi connectivity index (χ2n) is 4.57. The topological polar surface area (TPSA) is 171 Å². The Morgan fingerprint density at radius 2 is 1.54 bits per heavy atom. The van der Waals surface area contributed by atoms with E-state index in [1.165, 1.54) is 0 Å². The van der Waals surface area contributed by atoms with E-state index >= 15 is 0 Å². The van der Waals surface area contributed by atoms with E-state index in [4.69, 9.17) is 5.73 Å². The number of aromatic nitrogens is 1. The normalized spacial score (nSPS) is 10.4. The molecule has 0 radical (unpaired) electrons.